The van der Waals surface area contributed by atoms with Crippen LogP contribution >= 0.6 is 0 Å². The molecule has 2 aromatic carbocycles. The normalized spacial score (nSPS) is 9.80. The Labute approximate surface area is 148 Å². The number of sulfone groups is 1. The highest BCUT2D eigenvalue weighted by Crippen LogP contribution is 2.30. The van der Waals surface area contributed by atoms with Crippen molar-refractivity contribution < 1.29 is 23.2 Å². The second-order valence-electron chi connectivity index (χ2n) is 4.25. The summed E-state index contributed by atoms with van der Waals surface area (Å²) in [5.41, 5.74) is -0.0788. The molecule has 25 heavy (non-hydrogen) atoms. The van der Waals surface area contributed by atoms with E-state index in [0.29, 0.717) is 5.75 Å². The molecule has 0 heterocycles. The number of hydrogen-bond donors (Lipinski definition) is 1. The third kappa shape index (κ3) is 6.80. The van der Waals surface area contributed by atoms with Crippen LogP contribution in [-0.2, 0) is 9.84 Å². The molecule has 0 saturated heterocycles. The second kappa shape index (κ2) is 10.3. The number of hydrogen-bond acceptors (Lipinski definition) is 6. The standard InChI is InChI=1S/C13H11NO6S.2C2H6/c1-21(18,19)13-8-11(6-7-12(13)15)20-10-4-2-9(3-5-10)14(16)17;2*1-2/h2-8,15H,1H3;2*1-2H3. The second-order valence-corrected chi connectivity index (χ2v) is 6.24. The Kier molecular flexibility index (Phi) is 9.22. The van der Waals surface area contributed by atoms with Gasteiger partial charge in [0.1, 0.15) is 22.1 Å². The Morgan fingerprint density at radius 2 is 1.44 bits per heavy atom. The van der Waals surface area contributed by atoms with Gasteiger partial charge in [-0.3, -0.25) is 10.1 Å². The third-order valence-electron chi connectivity index (χ3n) is 2.61. The Bertz CT molecular complexity index is 785. The van der Waals surface area contributed by atoms with Crippen molar-refractivity contribution in [3.63, 3.8) is 0 Å². The lowest BCUT2D eigenvalue weighted by Crippen LogP contribution is -1.98. The lowest BCUT2D eigenvalue weighted by molar-refractivity contribution is -0.384. The molecule has 0 amide bonds. The largest absolute Gasteiger partial charge is 0.507 e. The Hall–Kier alpha value is -2.61. The van der Waals surface area contributed by atoms with Gasteiger partial charge in [-0.05, 0) is 24.3 Å². The molecule has 0 atom stereocenters. The van der Waals surface area contributed by atoms with Crippen molar-refractivity contribution in [2.75, 3.05) is 6.26 Å². The fourth-order valence-electron chi connectivity index (χ4n) is 1.63. The quantitative estimate of drug-likeness (QED) is 0.626. The molecule has 1 N–H and O–H groups in total. The van der Waals surface area contributed by atoms with Gasteiger partial charge in [-0.1, -0.05) is 27.7 Å². The van der Waals surface area contributed by atoms with Gasteiger partial charge in [0.25, 0.3) is 5.69 Å². The van der Waals surface area contributed by atoms with Gasteiger partial charge in [0.05, 0.1) is 4.92 Å². The number of ether oxygens (including phenoxy) is 1. The number of benzene rings is 2. The van der Waals surface area contributed by atoms with Gasteiger partial charge in [-0.2, -0.15) is 0 Å². The van der Waals surface area contributed by atoms with Gasteiger partial charge in [0.2, 0.25) is 0 Å². The van der Waals surface area contributed by atoms with Gasteiger partial charge in [0, 0.05) is 24.5 Å². The predicted octanol–water partition coefficient (Wildman–Crippen LogP) is 4.55. The Balaban J connectivity index is 0.00000134. The van der Waals surface area contributed by atoms with Crippen LogP contribution in [0.1, 0.15) is 27.7 Å². The summed E-state index contributed by atoms with van der Waals surface area (Å²) < 4.78 is 28.4. The van der Waals surface area contributed by atoms with Crippen LogP contribution in [0.15, 0.2) is 47.4 Å². The molecule has 0 aliphatic heterocycles. The van der Waals surface area contributed by atoms with Crippen molar-refractivity contribution in [3.8, 4) is 17.2 Å². The topological polar surface area (TPSA) is 107 Å². The van der Waals surface area contributed by atoms with Crippen LogP contribution in [0.2, 0.25) is 0 Å². The lowest BCUT2D eigenvalue weighted by atomic mass is 10.3. The number of nitro groups is 1. The fraction of sp³-hybridized carbons (Fsp3) is 0.294. The minimum Gasteiger partial charge on any atom is -0.507 e. The molecule has 2 aromatic rings. The van der Waals surface area contributed by atoms with E-state index >= 15 is 0 Å². The molecule has 0 saturated carbocycles. The number of nitrogens with zero attached hydrogens (tertiary/aromatic N) is 1. The first-order valence-corrected chi connectivity index (χ1v) is 9.62. The molecule has 0 spiro atoms. The molecule has 8 heteroatoms. The summed E-state index contributed by atoms with van der Waals surface area (Å²) in [7, 11) is -3.59. The average Bonchev–Trinajstić information content (AvgIpc) is 2.59. The Morgan fingerprint density at radius 3 is 1.88 bits per heavy atom. The molecule has 0 aromatic heterocycles. The van der Waals surface area contributed by atoms with E-state index < -0.39 is 14.8 Å². The van der Waals surface area contributed by atoms with Crippen molar-refractivity contribution in [1.29, 1.82) is 0 Å². The van der Waals surface area contributed by atoms with Gasteiger partial charge >= 0.3 is 0 Å². The van der Waals surface area contributed by atoms with E-state index in [4.69, 9.17) is 4.74 Å². The van der Waals surface area contributed by atoms with E-state index in [9.17, 15) is 23.6 Å². The van der Waals surface area contributed by atoms with Crippen LogP contribution in [0.25, 0.3) is 0 Å². The molecular formula is C17H23NO6S. The van der Waals surface area contributed by atoms with Crippen LogP contribution in [0.3, 0.4) is 0 Å². The molecular weight excluding hydrogens is 346 g/mol. The van der Waals surface area contributed by atoms with Gasteiger partial charge in [0.15, 0.2) is 9.84 Å². The first-order chi connectivity index (χ1) is 11.8. The average molecular weight is 369 g/mol. The highest BCUT2D eigenvalue weighted by atomic mass is 32.2. The maximum Gasteiger partial charge on any atom is 0.269 e. The van der Waals surface area contributed by atoms with Gasteiger partial charge < -0.3 is 9.84 Å². The van der Waals surface area contributed by atoms with Crippen LogP contribution in [0.5, 0.6) is 17.2 Å². The summed E-state index contributed by atoms with van der Waals surface area (Å²) in [6, 6.07) is 9.12. The van der Waals surface area contributed by atoms with Crippen molar-refractivity contribution in [2.24, 2.45) is 0 Å². The van der Waals surface area contributed by atoms with E-state index in [1.807, 2.05) is 27.7 Å². The summed E-state index contributed by atoms with van der Waals surface area (Å²) >= 11 is 0. The van der Waals surface area contributed by atoms with E-state index in [2.05, 4.69) is 0 Å². The van der Waals surface area contributed by atoms with Crippen LogP contribution in [0.4, 0.5) is 5.69 Å². The van der Waals surface area contributed by atoms with E-state index in [-0.39, 0.29) is 22.1 Å². The van der Waals surface area contributed by atoms with Crippen LogP contribution in [0, 0.1) is 10.1 Å². The predicted molar refractivity (Wildman–Crippen MR) is 97.1 cm³/mol. The molecule has 7 nitrogen and oxygen atoms in total. The molecule has 0 bridgehead atoms. The number of aromatic hydroxyl groups is 1. The van der Waals surface area contributed by atoms with Crippen molar-refractivity contribution >= 4 is 15.5 Å². The molecule has 0 aliphatic carbocycles. The number of phenolic OH excluding ortho intramolecular Hbond substituents is 1. The third-order valence-corrected chi connectivity index (χ3v) is 3.74. The summed E-state index contributed by atoms with van der Waals surface area (Å²) in [6.07, 6.45) is 0.970. The molecule has 0 fully saturated rings. The van der Waals surface area contributed by atoms with Crippen LogP contribution in [-0.4, -0.2) is 24.7 Å². The van der Waals surface area contributed by atoms with Crippen LogP contribution < -0.4 is 4.74 Å². The van der Waals surface area contributed by atoms with Crippen molar-refractivity contribution in [1.82, 2.24) is 0 Å². The zero-order chi connectivity index (χ0) is 19.6. The Morgan fingerprint density at radius 1 is 0.960 bits per heavy atom. The number of non-ortho nitro benzene ring substituents is 1. The highest BCUT2D eigenvalue weighted by Gasteiger charge is 2.14. The summed E-state index contributed by atoms with van der Waals surface area (Å²) in [5, 5.41) is 20.1. The number of rotatable bonds is 4. The van der Waals surface area contributed by atoms with E-state index in [1.165, 1.54) is 42.5 Å². The highest BCUT2D eigenvalue weighted by molar-refractivity contribution is 7.90. The first-order valence-electron chi connectivity index (χ1n) is 7.73. The minimum atomic E-state index is -3.59. The summed E-state index contributed by atoms with van der Waals surface area (Å²) in [5.74, 6) is 0.140. The number of phenols is 1. The zero-order valence-electron chi connectivity index (χ0n) is 14.9. The monoisotopic (exact) mass is 369 g/mol. The summed E-state index contributed by atoms with van der Waals surface area (Å²) in [4.78, 5) is 9.75. The van der Waals surface area contributed by atoms with Crippen molar-refractivity contribution in [3.05, 3.63) is 52.6 Å². The summed E-state index contributed by atoms with van der Waals surface area (Å²) in [6.45, 7) is 8.00. The molecule has 138 valence electrons. The van der Waals surface area contributed by atoms with E-state index in [0.717, 1.165) is 6.26 Å². The molecule has 0 aliphatic rings. The molecule has 0 radical (unpaired) electrons. The molecule has 0 unspecified atom stereocenters. The first kappa shape index (κ1) is 22.4. The maximum atomic E-state index is 11.5. The fourth-order valence-corrected chi connectivity index (χ4v) is 2.41. The van der Waals surface area contributed by atoms with Crippen molar-refractivity contribution in [2.45, 2.75) is 32.6 Å². The molecule has 2 rings (SSSR count). The smallest absolute Gasteiger partial charge is 0.269 e. The SMILES string of the molecule is CC.CC.CS(=O)(=O)c1cc(Oc2ccc([N+](=O)[O-])cc2)ccc1O. The van der Waals surface area contributed by atoms with Gasteiger partial charge in [-0.25, -0.2) is 8.42 Å². The zero-order valence-corrected chi connectivity index (χ0v) is 15.7. The van der Waals surface area contributed by atoms with E-state index in [1.54, 1.807) is 0 Å². The number of nitro benzene ring substituents is 1. The van der Waals surface area contributed by atoms with Gasteiger partial charge in [-0.15, -0.1) is 0 Å². The lowest BCUT2D eigenvalue weighted by Gasteiger charge is -2.08. The minimum absolute atomic E-state index is 0.0788. The maximum absolute atomic E-state index is 11.5.